The van der Waals surface area contributed by atoms with E-state index in [1.165, 1.54) is 6.07 Å². The molecular formula is C26H22FN3O3S. The predicted molar refractivity (Wildman–Crippen MR) is 129 cm³/mol. The lowest BCUT2D eigenvalue weighted by molar-refractivity contribution is 0.312. The van der Waals surface area contributed by atoms with Gasteiger partial charge >= 0.3 is 0 Å². The number of nitrogens with zero attached hydrogens (tertiary/aromatic N) is 2. The maximum atomic E-state index is 14.6. The van der Waals surface area contributed by atoms with Gasteiger partial charge in [-0.15, -0.1) is 0 Å². The van der Waals surface area contributed by atoms with Crippen molar-refractivity contribution in [2.45, 2.75) is 18.9 Å². The van der Waals surface area contributed by atoms with Gasteiger partial charge in [-0.2, -0.15) is 8.42 Å². The Morgan fingerprint density at radius 3 is 2.59 bits per heavy atom. The molecule has 1 atom stereocenters. The molecule has 0 radical (unpaired) electrons. The Kier molecular flexibility index (Phi) is 5.85. The highest BCUT2D eigenvalue weighted by atomic mass is 32.2. The fourth-order valence-electron chi connectivity index (χ4n) is 4.27. The van der Waals surface area contributed by atoms with Gasteiger partial charge in [0.1, 0.15) is 5.82 Å². The number of fused-ring (bicyclic) bond motifs is 3. The Balaban J connectivity index is 1.45. The summed E-state index contributed by atoms with van der Waals surface area (Å²) < 4.78 is 42.0. The highest BCUT2D eigenvalue weighted by Gasteiger charge is 2.28. The van der Waals surface area contributed by atoms with Gasteiger partial charge in [0, 0.05) is 23.4 Å². The van der Waals surface area contributed by atoms with Gasteiger partial charge < -0.3 is 5.32 Å². The molecular weight excluding hydrogens is 453 g/mol. The zero-order valence-electron chi connectivity index (χ0n) is 18.4. The summed E-state index contributed by atoms with van der Waals surface area (Å²) in [5, 5.41) is 3.19. The lowest BCUT2D eigenvalue weighted by Gasteiger charge is -2.27. The van der Waals surface area contributed by atoms with Crippen molar-refractivity contribution in [1.29, 1.82) is 0 Å². The molecule has 34 heavy (non-hydrogen) atoms. The van der Waals surface area contributed by atoms with E-state index in [2.05, 4.69) is 10.3 Å². The van der Waals surface area contributed by atoms with Crippen molar-refractivity contribution < 1.29 is 17.0 Å². The lowest BCUT2D eigenvalue weighted by atomic mass is 9.78. The van der Waals surface area contributed by atoms with Gasteiger partial charge in [-0.05, 0) is 46.9 Å². The van der Waals surface area contributed by atoms with Crippen molar-refractivity contribution in [3.8, 4) is 11.3 Å². The highest BCUT2D eigenvalue weighted by Crippen LogP contribution is 2.42. The van der Waals surface area contributed by atoms with Crippen molar-refractivity contribution >= 4 is 21.8 Å². The lowest BCUT2D eigenvalue weighted by Crippen LogP contribution is -2.16. The first-order chi connectivity index (χ1) is 16.4. The molecule has 1 unspecified atom stereocenters. The molecule has 0 fully saturated rings. The van der Waals surface area contributed by atoms with Crippen LogP contribution in [0.1, 0.15) is 28.2 Å². The van der Waals surface area contributed by atoms with Crippen LogP contribution >= 0.6 is 0 Å². The van der Waals surface area contributed by atoms with Crippen molar-refractivity contribution in [2.75, 3.05) is 11.6 Å². The van der Waals surface area contributed by atoms with E-state index in [-0.39, 0.29) is 18.3 Å². The fourth-order valence-corrected chi connectivity index (χ4v) is 4.62. The largest absolute Gasteiger partial charge is 0.324 e. The second-order valence-electron chi connectivity index (χ2n) is 8.22. The number of nitrogens with one attached hydrogen (secondary N) is 1. The molecule has 5 rings (SSSR count). The van der Waals surface area contributed by atoms with E-state index in [4.69, 9.17) is 9.17 Å². The van der Waals surface area contributed by atoms with Crippen LogP contribution in [0.15, 0.2) is 79.0 Å². The van der Waals surface area contributed by atoms with Crippen LogP contribution in [0.5, 0.6) is 0 Å². The minimum Gasteiger partial charge on any atom is -0.324 e. The van der Waals surface area contributed by atoms with Crippen molar-refractivity contribution in [3.05, 3.63) is 107 Å². The molecule has 4 aromatic rings. The number of hydrogen-bond donors (Lipinski definition) is 1. The van der Waals surface area contributed by atoms with Crippen LogP contribution in [0.4, 0.5) is 16.0 Å². The molecule has 0 amide bonds. The molecule has 0 spiro atoms. The highest BCUT2D eigenvalue weighted by molar-refractivity contribution is 7.85. The topological polar surface area (TPSA) is 81.2 Å². The van der Waals surface area contributed by atoms with E-state index < -0.39 is 10.1 Å². The van der Waals surface area contributed by atoms with Crippen LogP contribution < -0.4 is 5.32 Å². The molecule has 1 aliphatic carbocycles. The SMILES string of the molecule is CS(=O)(=O)OCc1cccc(Nc2ncc3c(n2)-c2ccccc2C(c2ccccc2F)C3)c1. The Labute approximate surface area is 197 Å². The van der Waals surface area contributed by atoms with Gasteiger partial charge in [0.25, 0.3) is 10.1 Å². The summed E-state index contributed by atoms with van der Waals surface area (Å²) >= 11 is 0. The molecule has 1 aromatic heterocycles. The average Bonchev–Trinajstić information content (AvgIpc) is 2.83. The summed E-state index contributed by atoms with van der Waals surface area (Å²) in [4.78, 5) is 9.25. The third-order valence-electron chi connectivity index (χ3n) is 5.78. The van der Waals surface area contributed by atoms with Crippen molar-refractivity contribution in [3.63, 3.8) is 0 Å². The van der Waals surface area contributed by atoms with Gasteiger partial charge in [-0.1, -0.05) is 54.6 Å². The second kappa shape index (κ2) is 8.96. The Morgan fingerprint density at radius 1 is 1.03 bits per heavy atom. The Hall–Kier alpha value is -3.62. The summed E-state index contributed by atoms with van der Waals surface area (Å²) in [5.74, 6) is 0.0857. The summed E-state index contributed by atoms with van der Waals surface area (Å²) in [5.41, 5.74) is 5.83. The van der Waals surface area contributed by atoms with E-state index >= 15 is 0 Å². The van der Waals surface area contributed by atoms with Crippen LogP contribution in [0.3, 0.4) is 0 Å². The van der Waals surface area contributed by atoms with Crippen LogP contribution in [0, 0.1) is 5.82 Å². The zero-order valence-corrected chi connectivity index (χ0v) is 19.2. The molecule has 6 nitrogen and oxygen atoms in total. The maximum Gasteiger partial charge on any atom is 0.264 e. The minimum absolute atomic E-state index is 0.0514. The third-order valence-corrected chi connectivity index (χ3v) is 6.33. The number of hydrogen-bond acceptors (Lipinski definition) is 6. The number of rotatable bonds is 6. The molecule has 0 aliphatic heterocycles. The van der Waals surface area contributed by atoms with Crippen LogP contribution in [-0.4, -0.2) is 24.6 Å². The molecule has 0 bridgehead atoms. The maximum absolute atomic E-state index is 14.6. The van der Waals surface area contributed by atoms with Crippen LogP contribution in [0.2, 0.25) is 0 Å². The first kappa shape index (κ1) is 22.2. The van der Waals surface area contributed by atoms with Crippen LogP contribution in [0.25, 0.3) is 11.3 Å². The molecule has 1 aliphatic rings. The standard InChI is InChI=1S/C26H22FN3O3S/c1-34(31,32)33-16-17-7-6-8-19(13-17)29-26-28-15-18-14-23(21-10-4-5-12-24(21)27)20-9-2-3-11-22(20)25(18)30-26/h2-13,15,23H,14,16H2,1H3,(H,28,29,30). The first-order valence-electron chi connectivity index (χ1n) is 10.8. The average molecular weight is 476 g/mol. The third kappa shape index (κ3) is 4.69. The molecule has 172 valence electrons. The molecule has 0 saturated carbocycles. The second-order valence-corrected chi connectivity index (χ2v) is 9.87. The Morgan fingerprint density at radius 2 is 1.79 bits per heavy atom. The van der Waals surface area contributed by atoms with Gasteiger partial charge in [0.15, 0.2) is 0 Å². The van der Waals surface area contributed by atoms with E-state index in [0.717, 1.165) is 28.6 Å². The number of benzene rings is 3. The smallest absolute Gasteiger partial charge is 0.264 e. The summed E-state index contributed by atoms with van der Waals surface area (Å²) in [6.45, 7) is -0.0514. The number of halogens is 1. The van der Waals surface area contributed by atoms with Crippen molar-refractivity contribution in [1.82, 2.24) is 9.97 Å². The number of aromatic nitrogens is 2. The monoisotopic (exact) mass is 475 g/mol. The fraction of sp³-hybridized carbons (Fsp3) is 0.154. The summed E-state index contributed by atoms with van der Waals surface area (Å²) in [6, 6.07) is 22.0. The zero-order chi connectivity index (χ0) is 23.7. The summed E-state index contributed by atoms with van der Waals surface area (Å²) in [7, 11) is -3.53. The predicted octanol–water partition coefficient (Wildman–Crippen LogP) is 5.19. The molecule has 8 heteroatoms. The van der Waals surface area contributed by atoms with Crippen molar-refractivity contribution in [2.24, 2.45) is 0 Å². The van der Waals surface area contributed by atoms with Crippen LogP contribution in [-0.2, 0) is 27.3 Å². The quantitative estimate of drug-likeness (QED) is 0.387. The van der Waals surface area contributed by atoms with Gasteiger partial charge in [0.2, 0.25) is 5.95 Å². The minimum atomic E-state index is -3.53. The molecule has 3 aromatic carbocycles. The Bertz CT molecular complexity index is 1470. The molecule has 0 saturated heterocycles. The van der Waals surface area contributed by atoms with E-state index in [0.29, 0.717) is 29.2 Å². The van der Waals surface area contributed by atoms with E-state index in [1.807, 2.05) is 42.5 Å². The summed E-state index contributed by atoms with van der Waals surface area (Å²) in [6.07, 6.45) is 3.40. The van der Waals surface area contributed by atoms with E-state index in [9.17, 15) is 12.8 Å². The molecule has 1 heterocycles. The van der Waals surface area contributed by atoms with E-state index in [1.54, 1.807) is 30.5 Å². The van der Waals surface area contributed by atoms with Gasteiger partial charge in [-0.25, -0.2) is 14.4 Å². The first-order valence-corrected chi connectivity index (χ1v) is 12.6. The molecule has 1 N–H and O–H groups in total. The van der Waals surface area contributed by atoms with Gasteiger partial charge in [-0.3, -0.25) is 4.18 Å². The normalized spacial score (nSPS) is 14.8. The number of anilines is 2. The van der Waals surface area contributed by atoms with Gasteiger partial charge in [0.05, 0.1) is 18.6 Å².